The van der Waals surface area contributed by atoms with E-state index in [0.29, 0.717) is 12.2 Å². The Labute approximate surface area is 129 Å². The summed E-state index contributed by atoms with van der Waals surface area (Å²) in [4.78, 5) is 6.90. The molecule has 2 fully saturated rings. The van der Waals surface area contributed by atoms with Crippen molar-refractivity contribution in [3.05, 3.63) is 0 Å². The maximum Gasteiger partial charge on any atom is 0.193 e. The molecule has 0 aromatic carbocycles. The Morgan fingerprint density at radius 1 is 1.24 bits per heavy atom. The van der Waals surface area contributed by atoms with Gasteiger partial charge in [0.05, 0.1) is 18.8 Å². The van der Waals surface area contributed by atoms with Crippen LogP contribution in [0.2, 0.25) is 0 Å². The lowest BCUT2D eigenvalue weighted by atomic mass is 10.1. The number of aliphatic imine (C=N–C) groups is 1. The maximum absolute atomic E-state index is 6.06. The summed E-state index contributed by atoms with van der Waals surface area (Å²) in [6, 6.07) is 0. The van der Waals surface area contributed by atoms with Gasteiger partial charge >= 0.3 is 0 Å². The van der Waals surface area contributed by atoms with Gasteiger partial charge in [-0.2, -0.15) is 0 Å². The van der Waals surface area contributed by atoms with E-state index in [4.69, 9.17) is 9.47 Å². The number of ether oxygens (including phenoxy) is 2. The molecule has 0 spiro atoms. The van der Waals surface area contributed by atoms with Gasteiger partial charge in [0, 0.05) is 32.8 Å². The molecule has 2 heterocycles. The summed E-state index contributed by atoms with van der Waals surface area (Å²) < 4.78 is 11.8. The van der Waals surface area contributed by atoms with Crippen molar-refractivity contribution in [2.75, 3.05) is 39.4 Å². The van der Waals surface area contributed by atoms with Gasteiger partial charge in [-0.25, -0.2) is 0 Å². The fourth-order valence-corrected chi connectivity index (χ4v) is 2.99. The molecule has 21 heavy (non-hydrogen) atoms. The van der Waals surface area contributed by atoms with Crippen molar-refractivity contribution in [1.29, 1.82) is 0 Å². The first-order valence-corrected chi connectivity index (χ1v) is 8.60. The molecule has 2 aliphatic rings. The average Bonchev–Trinajstić information content (AvgIpc) is 2.54. The van der Waals surface area contributed by atoms with Crippen LogP contribution in [0.1, 0.15) is 46.0 Å². The van der Waals surface area contributed by atoms with E-state index in [-0.39, 0.29) is 0 Å². The number of piperidine rings is 1. The third kappa shape index (κ3) is 5.47. The van der Waals surface area contributed by atoms with Gasteiger partial charge in [-0.15, -0.1) is 0 Å². The van der Waals surface area contributed by atoms with E-state index in [9.17, 15) is 0 Å². The van der Waals surface area contributed by atoms with Gasteiger partial charge in [0.1, 0.15) is 0 Å². The van der Waals surface area contributed by atoms with E-state index >= 15 is 0 Å². The first-order valence-electron chi connectivity index (χ1n) is 8.60. The molecule has 0 aromatic rings. The molecule has 1 unspecified atom stereocenters. The molecule has 1 N–H and O–H groups in total. The highest BCUT2D eigenvalue weighted by atomic mass is 16.5. The molecule has 0 saturated carbocycles. The van der Waals surface area contributed by atoms with Gasteiger partial charge < -0.3 is 19.7 Å². The second-order valence-corrected chi connectivity index (χ2v) is 5.84. The molecule has 2 aliphatic heterocycles. The normalized spacial score (nSPS) is 25.1. The Morgan fingerprint density at radius 3 is 2.67 bits per heavy atom. The monoisotopic (exact) mass is 297 g/mol. The Kier molecular flexibility index (Phi) is 7.30. The number of hydrogen-bond acceptors (Lipinski definition) is 3. The molecule has 1 atom stereocenters. The van der Waals surface area contributed by atoms with Crippen molar-refractivity contribution in [3.63, 3.8) is 0 Å². The van der Waals surface area contributed by atoms with Gasteiger partial charge in [-0.3, -0.25) is 4.99 Å². The molecule has 0 aromatic heterocycles. The second kappa shape index (κ2) is 9.26. The Balaban J connectivity index is 1.68. The van der Waals surface area contributed by atoms with E-state index in [1.807, 2.05) is 0 Å². The van der Waals surface area contributed by atoms with Gasteiger partial charge in [-0.05, 0) is 46.0 Å². The van der Waals surface area contributed by atoms with Crippen LogP contribution < -0.4 is 5.32 Å². The van der Waals surface area contributed by atoms with Crippen LogP contribution in [0.25, 0.3) is 0 Å². The van der Waals surface area contributed by atoms with E-state index in [2.05, 4.69) is 29.1 Å². The topological polar surface area (TPSA) is 46.1 Å². The minimum Gasteiger partial charge on any atom is -0.376 e. The van der Waals surface area contributed by atoms with Crippen molar-refractivity contribution >= 4 is 5.96 Å². The van der Waals surface area contributed by atoms with Crippen LogP contribution >= 0.6 is 0 Å². The van der Waals surface area contributed by atoms with E-state index in [1.165, 1.54) is 12.8 Å². The lowest BCUT2D eigenvalue weighted by Gasteiger charge is -2.35. The molecule has 2 saturated heterocycles. The molecular formula is C16H31N3O2. The summed E-state index contributed by atoms with van der Waals surface area (Å²) in [5.74, 6) is 1.05. The Hall–Kier alpha value is -0.810. The third-order valence-electron chi connectivity index (χ3n) is 4.18. The highest BCUT2D eigenvalue weighted by molar-refractivity contribution is 5.80. The molecule has 0 bridgehead atoms. The number of nitrogens with zero attached hydrogens (tertiary/aromatic N) is 2. The highest BCUT2D eigenvalue weighted by Gasteiger charge is 2.23. The SMILES string of the molecule is CCN=C(NCC)N1CCC(OCC2CCCCO2)CC1. The van der Waals surface area contributed by atoms with Gasteiger partial charge in [0.15, 0.2) is 5.96 Å². The first-order chi connectivity index (χ1) is 10.3. The lowest BCUT2D eigenvalue weighted by molar-refractivity contribution is -0.0721. The zero-order valence-corrected chi connectivity index (χ0v) is 13.6. The molecule has 0 aliphatic carbocycles. The minimum atomic E-state index is 0.329. The van der Waals surface area contributed by atoms with E-state index < -0.39 is 0 Å². The minimum absolute atomic E-state index is 0.329. The molecule has 5 heteroatoms. The lowest BCUT2D eigenvalue weighted by Crippen LogP contribution is -2.47. The maximum atomic E-state index is 6.06. The van der Waals surface area contributed by atoms with E-state index in [0.717, 1.165) is 64.6 Å². The van der Waals surface area contributed by atoms with Crippen LogP contribution in [-0.4, -0.2) is 62.5 Å². The summed E-state index contributed by atoms with van der Waals surface area (Å²) in [6.45, 7) is 9.69. The fraction of sp³-hybridized carbons (Fsp3) is 0.938. The number of likely N-dealkylation sites (tertiary alicyclic amines) is 1. The standard InChI is InChI=1S/C16H31N3O2/c1-3-17-16(18-4-2)19-10-8-14(9-11-19)21-13-15-7-5-6-12-20-15/h14-15H,3-13H2,1-2H3,(H,17,18). The predicted octanol–water partition coefficient (Wildman–Crippen LogP) is 2.02. The summed E-state index contributed by atoms with van der Waals surface area (Å²) >= 11 is 0. The summed E-state index contributed by atoms with van der Waals surface area (Å²) in [6.07, 6.45) is 6.53. The van der Waals surface area contributed by atoms with E-state index in [1.54, 1.807) is 0 Å². The predicted molar refractivity (Wildman–Crippen MR) is 85.8 cm³/mol. The zero-order valence-electron chi connectivity index (χ0n) is 13.6. The number of guanidine groups is 1. The van der Waals surface area contributed by atoms with Crippen LogP contribution in [-0.2, 0) is 9.47 Å². The molecule has 5 nitrogen and oxygen atoms in total. The van der Waals surface area contributed by atoms with Gasteiger partial charge in [-0.1, -0.05) is 0 Å². The summed E-state index contributed by atoms with van der Waals surface area (Å²) in [7, 11) is 0. The largest absolute Gasteiger partial charge is 0.376 e. The molecular weight excluding hydrogens is 266 g/mol. The van der Waals surface area contributed by atoms with Crippen molar-refractivity contribution in [2.45, 2.75) is 58.2 Å². The average molecular weight is 297 g/mol. The smallest absolute Gasteiger partial charge is 0.193 e. The van der Waals surface area contributed by atoms with Gasteiger partial charge in [0.25, 0.3) is 0 Å². The van der Waals surface area contributed by atoms with Crippen LogP contribution in [0.4, 0.5) is 0 Å². The summed E-state index contributed by atoms with van der Waals surface area (Å²) in [5.41, 5.74) is 0. The third-order valence-corrected chi connectivity index (χ3v) is 4.18. The zero-order chi connectivity index (χ0) is 14.9. The number of nitrogens with one attached hydrogen (secondary N) is 1. The van der Waals surface area contributed by atoms with Crippen molar-refractivity contribution < 1.29 is 9.47 Å². The van der Waals surface area contributed by atoms with Crippen molar-refractivity contribution in [1.82, 2.24) is 10.2 Å². The quantitative estimate of drug-likeness (QED) is 0.623. The fourth-order valence-electron chi connectivity index (χ4n) is 2.99. The van der Waals surface area contributed by atoms with Crippen molar-refractivity contribution in [2.24, 2.45) is 4.99 Å². The van der Waals surface area contributed by atoms with Crippen LogP contribution in [0.3, 0.4) is 0 Å². The first kappa shape index (κ1) is 16.6. The number of rotatable bonds is 5. The van der Waals surface area contributed by atoms with Crippen LogP contribution in [0.15, 0.2) is 4.99 Å². The van der Waals surface area contributed by atoms with Gasteiger partial charge in [0.2, 0.25) is 0 Å². The van der Waals surface area contributed by atoms with Crippen LogP contribution in [0, 0.1) is 0 Å². The highest BCUT2D eigenvalue weighted by Crippen LogP contribution is 2.17. The summed E-state index contributed by atoms with van der Waals surface area (Å²) in [5, 5.41) is 3.37. The Morgan fingerprint density at radius 2 is 2.05 bits per heavy atom. The molecule has 122 valence electrons. The second-order valence-electron chi connectivity index (χ2n) is 5.84. The van der Waals surface area contributed by atoms with Crippen molar-refractivity contribution in [3.8, 4) is 0 Å². The Bertz CT molecular complexity index is 309. The molecule has 0 amide bonds. The molecule has 0 radical (unpaired) electrons. The molecule has 2 rings (SSSR count). The van der Waals surface area contributed by atoms with Crippen LogP contribution in [0.5, 0.6) is 0 Å². The number of hydrogen-bond donors (Lipinski definition) is 1.